The first-order chi connectivity index (χ1) is 7.47. The number of nitrogens with one attached hydrogen (secondary N) is 2. The van der Waals surface area contributed by atoms with Gasteiger partial charge >= 0.3 is 0 Å². The molecule has 1 fully saturated rings. The van der Waals surface area contributed by atoms with Gasteiger partial charge in [0.15, 0.2) is 0 Å². The lowest BCUT2D eigenvalue weighted by Gasteiger charge is -2.25. The number of hydrogen-bond acceptors (Lipinski definition) is 5. The van der Waals surface area contributed by atoms with Gasteiger partial charge in [0.1, 0.15) is 0 Å². The molecular weight excluding hydrogens is 208 g/mol. The molecule has 5 N–H and O–H groups in total. The van der Waals surface area contributed by atoms with Crippen LogP contribution in [0.15, 0.2) is 0 Å². The monoisotopic (exact) mass is 230 g/mol. The van der Waals surface area contributed by atoms with Gasteiger partial charge in [0.25, 0.3) is 0 Å². The first-order valence-corrected chi connectivity index (χ1v) is 5.64. The molecule has 0 radical (unpaired) electrons. The van der Waals surface area contributed by atoms with Crippen molar-refractivity contribution in [3.05, 3.63) is 0 Å². The van der Waals surface area contributed by atoms with Crippen LogP contribution in [0.5, 0.6) is 0 Å². The quantitative estimate of drug-likeness (QED) is 0.329. The Morgan fingerprint density at radius 2 is 2.19 bits per heavy atom. The molecule has 0 aliphatic carbocycles. The van der Waals surface area contributed by atoms with Crippen molar-refractivity contribution in [2.45, 2.75) is 31.8 Å². The number of carbonyl (C=O) groups is 1. The highest BCUT2D eigenvalue weighted by atomic mass is 16.5. The fraction of sp³-hybridized carbons (Fsp3) is 0.900. The third-order valence-corrected chi connectivity index (χ3v) is 2.86. The molecule has 6 heteroatoms. The van der Waals surface area contributed by atoms with Gasteiger partial charge in [-0.2, -0.15) is 5.06 Å². The van der Waals surface area contributed by atoms with Crippen molar-refractivity contribution in [2.75, 3.05) is 26.2 Å². The van der Waals surface area contributed by atoms with E-state index in [0.29, 0.717) is 6.54 Å². The van der Waals surface area contributed by atoms with Crippen LogP contribution in [-0.4, -0.2) is 53.9 Å². The second kappa shape index (κ2) is 5.58. The standard InChI is InChI=1S/C10H22N4O2/c1-10(2,8-7-14(8)16)13-5-3-4-12-9(15)6-11/h8,13,16H,3-7,11H2,1-2H3,(H,12,15). The Kier molecular flexibility index (Phi) is 4.67. The molecule has 6 nitrogen and oxygen atoms in total. The van der Waals surface area contributed by atoms with Gasteiger partial charge in [0.2, 0.25) is 5.91 Å². The zero-order valence-corrected chi connectivity index (χ0v) is 9.99. The predicted octanol–water partition coefficient (Wildman–Crippen LogP) is -1.11. The second-order valence-corrected chi connectivity index (χ2v) is 4.69. The molecule has 94 valence electrons. The summed E-state index contributed by atoms with van der Waals surface area (Å²) >= 11 is 0. The van der Waals surface area contributed by atoms with Gasteiger partial charge in [0, 0.05) is 18.6 Å². The summed E-state index contributed by atoms with van der Waals surface area (Å²) in [7, 11) is 0. The zero-order valence-electron chi connectivity index (χ0n) is 9.99. The lowest BCUT2D eigenvalue weighted by atomic mass is 10.0. The minimum absolute atomic E-state index is 0.0421. The van der Waals surface area contributed by atoms with Gasteiger partial charge in [-0.15, -0.1) is 0 Å². The van der Waals surface area contributed by atoms with Crippen molar-refractivity contribution in [1.29, 1.82) is 0 Å². The molecular formula is C10H22N4O2. The van der Waals surface area contributed by atoms with Crippen LogP contribution in [0, 0.1) is 0 Å². The van der Waals surface area contributed by atoms with E-state index >= 15 is 0 Å². The lowest BCUT2D eigenvalue weighted by molar-refractivity contribution is -0.119. The van der Waals surface area contributed by atoms with Crippen LogP contribution >= 0.6 is 0 Å². The van der Waals surface area contributed by atoms with Crippen molar-refractivity contribution in [1.82, 2.24) is 15.7 Å². The normalized spacial score (nSPS) is 24.2. The van der Waals surface area contributed by atoms with Crippen LogP contribution in [0.25, 0.3) is 0 Å². The maximum absolute atomic E-state index is 10.8. The van der Waals surface area contributed by atoms with E-state index in [-0.39, 0.29) is 24.0 Å². The van der Waals surface area contributed by atoms with Gasteiger partial charge < -0.3 is 21.6 Å². The van der Waals surface area contributed by atoms with Crippen LogP contribution in [0.1, 0.15) is 20.3 Å². The summed E-state index contributed by atoms with van der Waals surface area (Å²) in [5.74, 6) is -0.122. The molecule has 2 atom stereocenters. The summed E-state index contributed by atoms with van der Waals surface area (Å²) in [6.07, 6.45) is 0.854. The molecule has 0 bridgehead atoms. The molecule has 0 aromatic rings. The highest BCUT2D eigenvalue weighted by molar-refractivity contribution is 5.77. The van der Waals surface area contributed by atoms with E-state index in [9.17, 15) is 10.0 Å². The number of carbonyl (C=O) groups excluding carboxylic acids is 1. The van der Waals surface area contributed by atoms with Gasteiger partial charge in [-0.3, -0.25) is 4.79 Å². The summed E-state index contributed by atoms with van der Waals surface area (Å²) in [5, 5.41) is 16.6. The van der Waals surface area contributed by atoms with Crippen molar-refractivity contribution >= 4 is 5.91 Å². The Bertz CT molecular complexity index is 245. The number of nitrogens with two attached hydrogens (primary N) is 1. The van der Waals surface area contributed by atoms with E-state index < -0.39 is 0 Å². The molecule has 1 saturated heterocycles. The zero-order chi connectivity index (χ0) is 12.2. The number of hydrogen-bond donors (Lipinski definition) is 4. The number of amides is 1. The SMILES string of the molecule is CC(C)(NCCCNC(=O)CN)C1CN1O. The number of hydroxylamine groups is 2. The van der Waals surface area contributed by atoms with E-state index in [2.05, 4.69) is 24.5 Å². The molecule has 1 aliphatic heterocycles. The molecule has 1 amide bonds. The summed E-state index contributed by atoms with van der Waals surface area (Å²) in [4.78, 5) is 10.8. The van der Waals surface area contributed by atoms with E-state index in [4.69, 9.17) is 5.73 Å². The average molecular weight is 230 g/mol. The van der Waals surface area contributed by atoms with Crippen LogP contribution in [-0.2, 0) is 4.79 Å². The van der Waals surface area contributed by atoms with E-state index in [1.54, 1.807) is 0 Å². The average Bonchev–Trinajstić information content (AvgIpc) is 2.95. The first-order valence-electron chi connectivity index (χ1n) is 5.64. The molecule has 0 spiro atoms. The van der Waals surface area contributed by atoms with Crippen molar-refractivity contribution in [3.63, 3.8) is 0 Å². The van der Waals surface area contributed by atoms with Gasteiger partial charge in [-0.1, -0.05) is 0 Å². The summed E-state index contributed by atoms with van der Waals surface area (Å²) in [6, 6.07) is 0.200. The fourth-order valence-electron chi connectivity index (χ4n) is 1.65. The summed E-state index contributed by atoms with van der Waals surface area (Å²) in [5.41, 5.74) is 5.07. The molecule has 0 aromatic carbocycles. The highest BCUT2D eigenvalue weighted by Gasteiger charge is 2.44. The van der Waals surface area contributed by atoms with Gasteiger partial charge in [-0.05, 0) is 26.8 Å². The molecule has 0 aromatic heterocycles. The van der Waals surface area contributed by atoms with E-state index in [0.717, 1.165) is 19.5 Å². The van der Waals surface area contributed by atoms with Crippen LogP contribution in [0.4, 0.5) is 0 Å². The van der Waals surface area contributed by atoms with E-state index in [1.807, 2.05) is 0 Å². The smallest absolute Gasteiger partial charge is 0.233 e. The molecule has 0 saturated carbocycles. The van der Waals surface area contributed by atoms with Crippen molar-refractivity contribution in [2.24, 2.45) is 5.73 Å². The first kappa shape index (κ1) is 13.4. The Hall–Kier alpha value is -0.690. The fourth-order valence-corrected chi connectivity index (χ4v) is 1.65. The Labute approximate surface area is 96.1 Å². The minimum atomic E-state index is -0.122. The molecule has 16 heavy (non-hydrogen) atoms. The maximum Gasteiger partial charge on any atom is 0.233 e. The maximum atomic E-state index is 10.8. The topological polar surface area (TPSA) is 90.4 Å². The van der Waals surface area contributed by atoms with Crippen LogP contribution < -0.4 is 16.4 Å². The summed E-state index contributed by atoms with van der Waals surface area (Å²) < 4.78 is 0. The number of rotatable bonds is 7. The molecule has 2 unspecified atom stereocenters. The largest absolute Gasteiger partial charge is 0.355 e. The predicted molar refractivity (Wildman–Crippen MR) is 61.0 cm³/mol. The highest BCUT2D eigenvalue weighted by Crippen LogP contribution is 2.25. The Morgan fingerprint density at radius 3 is 2.69 bits per heavy atom. The second-order valence-electron chi connectivity index (χ2n) is 4.69. The van der Waals surface area contributed by atoms with Crippen molar-refractivity contribution in [3.8, 4) is 0 Å². The van der Waals surface area contributed by atoms with Crippen LogP contribution in [0.3, 0.4) is 0 Å². The van der Waals surface area contributed by atoms with Gasteiger partial charge in [-0.25, -0.2) is 0 Å². The molecule has 1 aliphatic rings. The number of nitrogens with zero attached hydrogens (tertiary/aromatic N) is 1. The third kappa shape index (κ3) is 4.05. The Morgan fingerprint density at radius 1 is 1.56 bits per heavy atom. The lowest BCUT2D eigenvalue weighted by Crippen LogP contribution is -2.46. The Balaban J connectivity index is 2.04. The summed E-state index contributed by atoms with van der Waals surface area (Å²) in [6.45, 7) is 6.33. The minimum Gasteiger partial charge on any atom is -0.355 e. The van der Waals surface area contributed by atoms with Gasteiger partial charge in [0.05, 0.1) is 12.6 Å². The molecule has 1 heterocycles. The van der Waals surface area contributed by atoms with Crippen molar-refractivity contribution < 1.29 is 10.0 Å². The van der Waals surface area contributed by atoms with Crippen LogP contribution in [0.2, 0.25) is 0 Å². The third-order valence-electron chi connectivity index (χ3n) is 2.86. The van der Waals surface area contributed by atoms with E-state index in [1.165, 1.54) is 5.06 Å². The molecule has 1 rings (SSSR count).